The molecule has 9 heteroatoms. The second kappa shape index (κ2) is 7.88. The van der Waals surface area contributed by atoms with E-state index in [1.54, 1.807) is 7.11 Å². The van der Waals surface area contributed by atoms with Crippen molar-refractivity contribution < 1.29 is 22.6 Å². The normalized spacial score (nSPS) is 18.8. The van der Waals surface area contributed by atoms with E-state index < -0.39 is 11.7 Å². The number of halogens is 3. The van der Waals surface area contributed by atoms with Crippen LogP contribution in [-0.2, 0) is 21.3 Å². The number of ether oxygens (including phenoxy) is 2. The number of rotatable bonds is 4. The van der Waals surface area contributed by atoms with Gasteiger partial charge in [0.2, 0.25) is 0 Å². The Morgan fingerprint density at radius 3 is 2.20 bits per heavy atom. The van der Waals surface area contributed by atoms with E-state index in [9.17, 15) is 13.2 Å². The summed E-state index contributed by atoms with van der Waals surface area (Å²) in [6, 6.07) is 10.2. The Labute approximate surface area is 172 Å². The highest BCUT2D eigenvalue weighted by molar-refractivity contribution is 5.96. The lowest BCUT2D eigenvalue weighted by atomic mass is 9.91. The van der Waals surface area contributed by atoms with Gasteiger partial charge in [-0.25, -0.2) is 4.98 Å². The smallest absolute Gasteiger partial charge is 0.375 e. The lowest BCUT2D eigenvalue weighted by Gasteiger charge is -2.40. The van der Waals surface area contributed by atoms with Crippen LogP contribution in [0.4, 0.5) is 19.0 Å². The molecule has 0 aliphatic carbocycles. The highest BCUT2D eigenvalue weighted by Crippen LogP contribution is 2.33. The van der Waals surface area contributed by atoms with Crippen molar-refractivity contribution in [3.63, 3.8) is 0 Å². The number of methoxy groups -OCH3 is 1. The zero-order valence-electron chi connectivity index (χ0n) is 16.6. The molecule has 0 unspecified atom stereocenters. The fourth-order valence-electron chi connectivity index (χ4n) is 3.70. The summed E-state index contributed by atoms with van der Waals surface area (Å²) < 4.78 is 49.0. The monoisotopic (exact) mass is 420 g/mol. The lowest BCUT2D eigenvalue weighted by Crippen LogP contribution is -2.49. The molecule has 30 heavy (non-hydrogen) atoms. The summed E-state index contributed by atoms with van der Waals surface area (Å²) in [4.78, 5) is 7.87. The SMILES string of the molecule is COC1(c2ccc(C(=N)N3CCN(c4ccc(C(F)(F)F)cn4)CC3)cc2)COC1. The van der Waals surface area contributed by atoms with Crippen LogP contribution in [0.25, 0.3) is 0 Å². The Kier molecular flexibility index (Phi) is 5.42. The maximum atomic E-state index is 12.7. The van der Waals surface area contributed by atoms with Crippen LogP contribution in [0.2, 0.25) is 0 Å². The molecule has 0 bridgehead atoms. The maximum absolute atomic E-state index is 12.7. The molecular weight excluding hydrogens is 397 g/mol. The van der Waals surface area contributed by atoms with Crippen LogP contribution < -0.4 is 4.90 Å². The maximum Gasteiger partial charge on any atom is 0.417 e. The molecule has 2 aliphatic heterocycles. The van der Waals surface area contributed by atoms with Gasteiger partial charge in [0.1, 0.15) is 17.3 Å². The van der Waals surface area contributed by atoms with Gasteiger partial charge in [0.25, 0.3) is 0 Å². The van der Waals surface area contributed by atoms with E-state index in [0.29, 0.717) is 51.0 Å². The Hall–Kier alpha value is -2.65. The minimum absolute atomic E-state index is 0.388. The molecule has 1 aromatic carbocycles. The Morgan fingerprint density at radius 1 is 1.07 bits per heavy atom. The van der Waals surface area contributed by atoms with E-state index in [1.165, 1.54) is 6.07 Å². The second-order valence-corrected chi connectivity index (χ2v) is 7.49. The van der Waals surface area contributed by atoms with Gasteiger partial charge in [-0.05, 0) is 17.7 Å². The molecule has 0 saturated carbocycles. The molecule has 1 N–H and O–H groups in total. The predicted molar refractivity (Wildman–Crippen MR) is 106 cm³/mol. The minimum atomic E-state index is -4.39. The van der Waals surface area contributed by atoms with Crippen molar-refractivity contribution in [2.75, 3.05) is 51.4 Å². The third-order valence-electron chi connectivity index (χ3n) is 5.74. The highest BCUT2D eigenvalue weighted by Gasteiger charge is 2.40. The molecule has 6 nitrogen and oxygen atoms in total. The average molecular weight is 420 g/mol. The summed E-state index contributed by atoms with van der Waals surface area (Å²) in [5, 5.41) is 8.53. The number of aromatic nitrogens is 1. The third-order valence-corrected chi connectivity index (χ3v) is 5.74. The number of alkyl halides is 3. The number of nitrogens with one attached hydrogen (secondary N) is 1. The van der Waals surface area contributed by atoms with Gasteiger partial charge in [0.05, 0.1) is 18.8 Å². The van der Waals surface area contributed by atoms with Crippen molar-refractivity contribution in [1.82, 2.24) is 9.88 Å². The van der Waals surface area contributed by atoms with Crippen LogP contribution in [0.1, 0.15) is 16.7 Å². The number of pyridine rings is 1. The standard InChI is InChI=1S/C21H23F3N4O2/c1-29-20(13-30-14-20)16-4-2-15(3-5-16)19(25)28-10-8-27(9-11-28)18-7-6-17(12-26-18)21(22,23)24/h2-7,12,25H,8-11,13-14H2,1H3. The predicted octanol–water partition coefficient (Wildman–Crippen LogP) is 3.12. The number of hydrogen-bond donors (Lipinski definition) is 1. The largest absolute Gasteiger partial charge is 0.417 e. The van der Waals surface area contributed by atoms with Crippen molar-refractivity contribution in [3.05, 3.63) is 59.3 Å². The zero-order chi connectivity index (χ0) is 21.4. The fraction of sp³-hybridized carbons (Fsp3) is 0.429. The Balaban J connectivity index is 1.36. The van der Waals surface area contributed by atoms with Crippen molar-refractivity contribution in [2.45, 2.75) is 11.8 Å². The van der Waals surface area contributed by atoms with Crippen molar-refractivity contribution in [1.29, 1.82) is 5.41 Å². The summed E-state index contributed by atoms with van der Waals surface area (Å²) in [6.07, 6.45) is -3.52. The van der Waals surface area contributed by atoms with Gasteiger partial charge >= 0.3 is 6.18 Å². The van der Waals surface area contributed by atoms with E-state index in [2.05, 4.69) is 4.98 Å². The van der Waals surface area contributed by atoms with Crippen LogP contribution in [0.5, 0.6) is 0 Å². The van der Waals surface area contributed by atoms with Crippen LogP contribution in [0.15, 0.2) is 42.6 Å². The molecule has 2 aliphatic rings. The summed E-state index contributed by atoms with van der Waals surface area (Å²) in [6.45, 7) is 3.42. The quantitative estimate of drug-likeness (QED) is 0.608. The zero-order valence-corrected chi connectivity index (χ0v) is 16.6. The first-order valence-electron chi connectivity index (χ1n) is 9.68. The van der Waals surface area contributed by atoms with Crippen molar-refractivity contribution >= 4 is 11.7 Å². The highest BCUT2D eigenvalue weighted by atomic mass is 19.4. The average Bonchev–Trinajstić information content (AvgIpc) is 2.73. The molecule has 3 heterocycles. The van der Waals surface area contributed by atoms with E-state index in [4.69, 9.17) is 14.9 Å². The molecule has 2 saturated heterocycles. The molecule has 160 valence electrons. The molecule has 0 amide bonds. The first-order valence-corrected chi connectivity index (χ1v) is 9.68. The second-order valence-electron chi connectivity index (χ2n) is 7.49. The van der Waals surface area contributed by atoms with Gasteiger partial charge < -0.3 is 19.3 Å². The summed E-state index contributed by atoms with van der Waals surface area (Å²) in [5.41, 5.74) is 0.706. The molecule has 2 aromatic rings. The summed E-state index contributed by atoms with van der Waals surface area (Å²) in [5.74, 6) is 0.948. The Morgan fingerprint density at radius 2 is 1.73 bits per heavy atom. The number of nitrogens with zero attached hydrogens (tertiary/aromatic N) is 3. The van der Waals surface area contributed by atoms with Crippen LogP contribution in [-0.4, -0.2) is 62.2 Å². The third kappa shape index (κ3) is 3.87. The van der Waals surface area contributed by atoms with Gasteiger partial charge in [-0.3, -0.25) is 5.41 Å². The molecule has 0 radical (unpaired) electrons. The molecule has 2 fully saturated rings. The Bertz CT molecular complexity index is 882. The van der Waals surface area contributed by atoms with E-state index in [0.717, 1.165) is 23.4 Å². The van der Waals surface area contributed by atoms with Crippen LogP contribution >= 0.6 is 0 Å². The molecule has 0 spiro atoms. The van der Waals surface area contributed by atoms with Crippen molar-refractivity contribution in [3.8, 4) is 0 Å². The number of amidine groups is 1. The van der Waals surface area contributed by atoms with E-state index >= 15 is 0 Å². The molecular formula is C21H23F3N4O2. The van der Waals surface area contributed by atoms with Gasteiger partial charge in [-0.2, -0.15) is 13.2 Å². The first-order chi connectivity index (χ1) is 14.3. The van der Waals surface area contributed by atoms with Crippen molar-refractivity contribution in [2.24, 2.45) is 0 Å². The van der Waals surface area contributed by atoms with Gasteiger partial charge in [0, 0.05) is 45.0 Å². The molecule has 1 aromatic heterocycles. The number of hydrogen-bond acceptors (Lipinski definition) is 5. The first kappa shape index (κ1) is 20.6. The number of anilines is 1. The molecule has 4 rings (SSSR count). The summed E-state index contributed by atoms with van der Waals surface area (Å²) in [7, 11) is 1.67. The molecule has 0 atom stereocenters. The van der Waals surface area contributed by atoms with E-state index in [-0.39, 0.29) is 5.60 Å². The topological polar surface area (TPSA) is 61.7 Å². The van der Waals surface area contributed by atoms with Gasteiger partial charge in [0.15, 0.2) is 0 Å². The number of benzene rings is 1. The van der Waals surface area contributed by atoms with Crippen LogP contribution in [0, 0.1) is 5.41 Å². The van der Waals surface area contributed by atoms with E-state index in [1.807, 2.05) is 34.1 Å². The van der Waals surface area contributed by atoms with Crippen LogP contribution in [0.3, 0.4) is 0 Å². The lowest BCUT2D eigenvalue weighted by molar-refractivity contribution is -0.202. The number of piperazine rings is 1. The van der Waals surface area contributed by atoms with Gasteiger partial charge in [-0.1, -0.05) is 24.3 Å². The summed E-state index contributed by atoms with van der Waals surface area (Å²) >= 11 is 0. The fourth-order valence-corrected chi connectivity index (χ4v) is 3.70. The minimum Gasteiger partial charge on any atom is -0.375 e. The van der Waals surface area contributed by atoms with Gasteiger partial charge in [-0.15, -0.1) is 0 Å².